The Morgan fingerprint density at radius 3 is 2.76 bits per heavy atom. The van der Waals surface area contributed by atoms with Crippen molar-refractivity contribution in [1.29, 1.82) is 0 Å². The quantitative estimate of drug-likeness (QED) is 0.889. The van der Waals surface area contributed by atoms with Gasteiger partial charge < -0.3 is 10.4 Å². The number of nitrogens with one attached hydrogen (secondary N) is 1. The fourth-order valence-corrected chi connectivity index (χ4v) is 2.40. The second-order valence-electron chi connectivity index (χ2n) is 5.46. The Bertz CT molecular complexity index is 648. The fraction of sp³-hybridized carbons (Fsp3) is 0.538. The first kappa shape index (κ1) is 14.1. The average Bonchev–Trinajstić information content (AvgIpc) is 3.02. The second kappa shape index (κ2) is 4.87. The van der Waals surface area contributed by atoms with Crippen molar-refractivity contribution in [2.24, 2.45) is 5.41 Å². The van der Waals surface area contributed by atoms with Gasteiger partial charge in [-0.15, -0.1) is 0 Å². The molecule has 1 saturated carbocycles. The number of aliphatic hydroxyl groups excluding tert-OH is 1. The molecule has 0 saturated heterocycles. The number of anilines is 1. The van der Waals surface area contributed by atoms with E-state index in [9.17, 15) is 13.2 Å². The molecule has 114 valence electrons. The average molecular weight is 300 g/mol. The highest BCUT2D eigenvalue weighted by molar-refractivity contribution is 5.68. The van der Waals surface area contributed by atoms with Crippen LogP contribution in [0, 0.1) is 5.41 Å². The van der Waals surface area contributed by atoms with E-state index in [0.717, 1.165) is 18.9 Å². The van der Waals surface area contributed by atoms with E-state index in [1.165, 1.54) is 16.9 Å². The molecule has 0 spiro atoms. The molecule has 0 amide bonds. The van der Waals surface area contributed by atoms with Crippen LogP contribution in [0.5, 0.6) is 0 Å². The van der Waals surface area contributed by atoms with Crippen molar-refractivity contribution >= 4 is 11.3 Å². The molecule has 1 aliphatic carbocycles. The topological polar surface area (TPSA) is 62.5 Å². The molecule has 1 fully saturated rings. The van der Waals surface area contributed by atoms with Gasteiger partial charge in [-0.25, -0.2) is 9.50 Å². The molecule has 0 atom stereocenters. The largest absolute Gasteiger partial charge is 0.435 e. The molecule has 2 heterocycles. The summed E-state index contributed by atoms with van der Waals surface area (Å²) in [4.78, 5) is 4.09. The maximum atomic E-state index is 12.7. The fourth-order valence-electron chi connectivity index (χ4n) is 2.40. The predicted octanol–water partition coefficient (Wildman–Crippen LogP) is 2.32. The molecule has 0 aromatic carbocycles. The third kappa shape index (κ3) is 2.80. The summed E-state index contributed by atoms with van der Waals surface area (Å²) in [6.45, 7) is 0.705. The number of hydrogen-bond donors (Lipinski definition) is 2. The van der Waals surface area contributed by atoms with Gasteiger partial charge in [0, 0.05) is 31.6 Å². The van der Waals surface area contributed by atoms with Crippen molar-refractivity contribution in [2.45, 2.75) is 25.4 Å². The number of fused-ring (bicyclic) bond motifs is 1. The Balaban J connectivity index is 1.84. The minimum absolute atomic E-state index is 0.0517. The van der Waals surface area contributed by atoms with Crippen LogP contribution in [0.3, 0.4) is 0 Å². The van der Waals surface area contributed by atoms with Crippen LogP contribution in [-0.4, -0.2) is 32.9 Å². The van der Waals surface area contributed by atoms with Gasteiger partial charge in [0.15, 0.2) is 11.5 Å². The van der Waals surface area contributed by atoms with Gasteiger partial charge in [0.25, 0.3) is 0 Å². The van der Waals surface area contributed by atoms with Gasteiger partial charge in [-0.2, -0.15) is 18.3 Å². The highest BCUT2D eigenvalue weighted by Gasteiger charge is 2.41. The molecule has 21 heavy (non-hydrogen) atoms. The van der Waals surface area contributed by atoms with E-state index in [0.29, 0.717) is 24.3 Å². The minimum Gasteiger partial charge on any atom is -0.396 e. The van der Waals surface area contributed by atoms with Gasteiger partial charge >= 0.3 is 6.18 Å². The number of rotatable bonds is 5. The molecule has 2 aromatic rings. The van der Waals surface area contributed by atoms with Gasteiger partial charge in [-0.3, -0.25) is 0 Å². The molecular weight excluding hydrogens is 285 g/mol. The Morgan fingerprint density at radius 2 is 2.14 bits per heavy atom. The number of aromatic nitrogens is 3. The summed E-state index contributed by atoms with van der Waals surface area (Å²) >= 11 is 0. The Labute approximate surface area is 118 Å². The maximum Gasteiger partial charge on any atom is 0.435 e. The lowest BCUT2D eigenvalue weighted by Gasteiger charge is -2.15. The molecule has 0 bridgehead atoms. The summed E-state index contributed by atoms with van der Waals surface area (Å²) in [5, 5.41) is 15.6. The zero-order chi connectivity index (χ0) is 15.1. The number of halogens is 3. The van der Waals surface area contributed by atoms with Crippen LogP contribution >= 0.6 is 0 Å². The Hall–Kier alpha value is -1.83. The molecule has 1 aliphatic rings. The van der Waals surface area contributed by atoms with Crippen LogP contribution in [0.1, 0.15) is 25.0 Å². The van der Waals surface area contributed by atoms with Crippen LogP contribution in [0.2, 0.25) is 0 Å². The van der Waals surface area contributed by atoms with Crippen molar-refractivity contribution in [3.63, 3.8) is 0 Å². The lowest BCUT2D eigenvalue weighted by atomic mass is 10.0. The Kier molecular flexibility index (Phi) is 3.27. The predicted molar refractivity (Wildman–Crippen MR) is 69.8 cm³/mol. The van der Waals surface area contributed by atoms with E-state index in [1.807, 2.05) is 0 Å². The summed E-state index contributed by atoms with van der Waals surface area (Å²) < 4.78 is 39.3. The van der Waals surface area contributed by atoms with Crippen molar-refractivity contribution in [1.82, 2.24) is 14.6 Å². The van der Waals surface area contributed by atoms with Crippen molar-refractivity contribution in [3.8, 4) is 0 Å². The van der Waals surface area contributed by atoms with Crippen molar-refractivity contribution in [3.05, 3.63) is 24.2 Å². The van der Waals surface area contributed by atoms with E-state index in [2.05, 4.69) is 15.4 Å². The van der Waals surface area contributed by atoms with Crippen LogP contribution in [-0.2, 0) is 6.18 Å². The lowest BCUT2D eigenvalue weighted by Crippen LogP contribution is -2.17. The summed E-state index contributed by atoms with van der Waals surface area (Å²) in [6, 6.07) is 0.987. The summed E-state index contributed by atoms with van der Waals surface area (Å²) in [5.41, 5.74) is -0.587. The van der Waals surface area contributed by atoms with E-state index < -0.39 is 11.9 Å². The number of alkyl halides is 3. The summed E-state index contributed by atoms with van der Waals surface area (Å²) in [5.74, 6) is 0.379. The van der Waals surface area contributed by atoms with Gasteiger partial charge in [-0.05, 0) is 24.7 Å². The van der Waals surface area contributed by atoms with Crippen LogP contribution in [0.4, 0.5) is 19.0 Å². The van der Waals surface area contributed by atoms with E-state index >= 15 is 0 Å². The Morgan fingerprint density at radius 1 is 1.38 bits per heavy atom. The molecule has 5 nitrogen and oxygen atoms in total. The van der Waals surface area contributed by atoms with Crippen molar-refractivity contribution in [2.75, 3.05) is 18.5 Å². The SMILES string of the molecule is OCCC1(CNc2nccn3nc(C(F)(F)F)cc23)CC1. The monoisotopic (exact) mass is 300 g/mol. The van der Waals surface area contributed by atoms with Gasteiger partial charge in [0.2, 0.25) is 0 Å². The first-order chi connectivity index (χ1) is 9.93. The maximum absolute atomic E-state index is 12.7. The van der Waals surface area contributed by atoms with Crippen LogP contribution in [0.15, 0.2) is 18.5 Å². The smallest absolute Gasteiger partial charge is 0.396 e. The standard InChI is InChI=1S/C13H15F3N4O/c14-13(15,16)10-7-9-11(17-4-5-20(9)19-10)18-8-12(1-2-12)3-6-21/h4-5,7,21H,1-3,6,8H2,(H,17,18). The van der Waals surface area contributed by atoms with Gasteiger partial charge in [-0.1, -0.05) is 0 Å². The molecule has 0 aliphatic heterocycles. The minimum atomic E-state index is -4.47. The number of hydrogen-bond acceptors (Lipinski definition) is 4. The normalized spacial score (nSPS) is 17.1. The first-order valence-electron chi connectivity index (χ1n) is 6.70. The third-order valence-electron chi connectivity index (χ3n) is 3.91. The molecule has 0 radical (unpaired) electrons. The summed E-state index contributed by atoms with van der Waals surface area (Å²) in [7, 11) is 0. The van der Waals surface area contributed by atoms with E-state index in [4.69, 9.17) is 5.11 Å². The highest BCUT2D eigenvalue weighted by atomic mass is 19.4. The number of nitrogens with zero attached hydrogens (tertiary/aromatic N) is 3. The van der Waals surface area contributed by atoms with Crippen LogP contribution < -0.4 is 5.32 Å². The van der Waals surface area contributed by atoms with Crippen molar-refractivity contribution < 1.29 is 18.3 Å². The van der Waals surface area contributed by atoms with E-state index in [-0.39, 0.29) is 12.0 Å². The zero-order valence-electron chi connectivity index (χ0n) is 11.2. The molecule has 8 heteroatoms. The molecule has 3 rings (SSSR count). The van der Waals surface area contributed by atoms with Gasteiger partial charge in [0.1, 0.15) is 5.52 Å². The van der Waals surface area contributed by atoms with Gasteiger partial charge in [0.05, 0.1) is 0 Å². The molecule has 2 aromatic heterocycles. The summed E-state index contributed by atoms with van der Waals surface area (Å²) in [6.07, 6.45) is 1.03. The molecule has 0 unspecified atom stereocenters. The number of aliphatic hydroxyl groups is 1. The highest BCUT2D eigenvalue weighted by Crippen LogP contribution is 2.48. The van der Waals surface area contributed by atoms with Crippen LogP contribution in [0.25, 0.3) is 5.52 Å². The second-order valence-corrected chi connectivity index (χ2v) is 5.46. The third-order valence-corrected chi connectivity index (χ3v) is 3.91. The lowest BCUT2D eigenvalue weighted by molar-refractivity contribution is -0.141. The first-order valence-corrected chi connectivity index (χ1v) is 6.70. The molecular formula is C13H15F3N4O. The zero-order valence-corrected chi connectivity index (χ0v) is 11.2. The molecule has 2 N–H and O–H groups in total. The van der Waals surface area contributed by atoms with E-state index in [1.54, 1.807) is 0 Å².